The maximum Gasteiger partial charge on any atom is 0.340 e. The van der Waals surface area contributed by atoms with Gasteiger partial charge < -0.3 is 15.0 Å². The second kappa shape index (κ2) is 9.58. The minimum atomic E-state index is -0.472. The van der Waals surface area contributed by atoms with E-state index >= 15 is 0 Å². The van der Waals surface area contributed by atoms with Crippen LogP contribution in [0.25, 0.3) is 0 Å². The number of urea groups is 1. The molecule has 5 rings (SSSR count). The molecule has 0 fully saturated rings. The van der Waals surface area contributed by atoms with Gasteiger partial charge in [0.1, 0.15) is 5.82 Å². The number of thiophene rings is 1. The minimum Gasteiger partial charge on any atom is -0.462 e. The highest BCUT2D eigenvalue weighted by Crippen LogP contribution is 2.45. The summed E-state index contributed by atoms with van der Waals surface area (Å²) < 4.78 is 18.9. The van der Waals surface area contributed by atoms with Crippen LogP contribution in [0.5, 0.6) is 0 Å². The molecule has 7 heteroatoms. The molecule has 2 heterocycles. The number of nitrogens with zero attached hydrogens (tertiary/aromatic N) is 1. The summed E-state index contributed by atoms with van der Waals surface area (Å²) in [5.74, 6) is -0.773. The van der Waals surface area contributed by atoms with Crippen LogP contribution in [0.2, 0.25) is 0 Å². The van der Waals surface area contributed by atoms with Gasteiger partial charge in [0.25, 0.3) is 0 Å². The molecule has 1 N–H and O–H groups in total. The molecule has 0 unspecified atom stereocenters. The van der Waals surface area contributed by atoms with Crippen molar-refractivity contribution in [2.75, 3.05) is 18.5 Å². The van der Waals surface area contributed by atoms with E-state index in [1.165, 1.54) is 45.9 Å². The van der Waals surface area contributed by atoms with Gasteiger partial charge in [-0.1, -0.05) is 24.3 Å². The van der Waals surface area contributed by atoms with Gasteiger partial charge in [-0.2, -0.15) is 0 Å². The number of rotatable bonds is 4. The zero-order chi connectivity index (χ0) is 23.7. The van der Waals surface area contributed by atoms with Gasteiger partial charge in [0.15, 0.2) is 0 Å². The standard InChI is InChI=1S/C27H27FN2O3S/c1-2-33-26(31)21-8-3-5-9-22(21)29-27(32)30-16-15-20-19-7-4-6-10-23(19)34-25(20)24(30)17-11-13-18(28)14-12-17/h3,5,8-9,11-14,24H,2,4,6-7,10,15-16H2,1H3,(H,29,32)/t24-/m1/s1. The normalized spacial score (nSPS) is 17.0. The van der Waals surface area contributed by atoms with Gasteiger partial charge in [-0.05, 0) is 80.0 Å². The Morgan fingerprint density at radius 2 is 1.82 bits per heavy atom. The average molecular weight is 479 g/mol. The monoisotopic (exact) mass is 478 g/mol. The number of hydrogen-bond donors (Lipinski definition) is 1. The molecule has 5 nitrogen and oxygen atoms in total. The molecule has 34 heavy (non-hydrogen) atoms. The van der Waals surface area contributed by atoms with Crippen LogP contribution < -0.4 is 5.32 Å². The first-order chi connectivity index (χ1) is 16.6. The Labute approximate surface area is 202 Å². The van der Waals surface area contributed by atoms with Crippen LogP contribution in [0.1, 0.15) is 62.6 Å². The quantitative estimate of drug-likeness (QED) is 0.460. The molecule has 3 aromatic rings. The van der Waals surface area contributed by atoms with Crippen molar-refractivity contribution in [1.29, 1.82) is 0 Å². The highest BCUT2D eigenvalue weighted by atomic mass is 32.1. The average Bonchev–Trinajstić information content (AvgIpc) is 3.23. The van der Waals surface area contributed by atoms with E-state index < -0.39 is 5.97 Å². The molecule has 2 aromatic carbocycles. The van der Waals surface area contributed by atoms with Crippen LogP contribution in [-0.2, 0) is 24.0 Å². The molecule has 0 radical (unpaired) electrons. The predicted octanol–water partition coefficient (Wildman–Crippen LogP) is 6.12. The molecule has 2 amide bonds. The minimum absolute atomic E-state index is 0.256. The van der Waals surface area contributed by atoms with Gasteiger partial charge in [0.05, 0.1) is 23.9 Å². The summed E-state index contributed by atoms with van der Waals surface area (Å²) in [6.07, 6.45) is 5.37. The summed E-state index contributed by atoms with van der Waals surface area (Å²) >= 11 is 1.80. The molecular formula is C27H27FN2O3S. The first-order valence-corrected chi connectivity index (χ1v) is 12.6. The van der Waals surface area contributed by atoms with E-state index in [4.69, 9.17) is 4.74 Å². The molecule has 1 aliphatic carbocycles. The van der Waals surface area contributed by atoms with E-state index in [1.54, 1.807) is 59.6 Å². The third kappa shape index (κ3) is 4.20. The van der Waals surface area contributed by atoms with E-state index in [-0.39, 0.29) is 24.5 Å². The number of carbonyl (C=O) groups excluding carboxylic acids is 2. The molecule has 1 aliphatic heterocycles. The largest absolute Gasteiger partial charge is 0.462 e. The van der Waals surface area contributed by atoms with Gasteiger partial charge in [-0.25, -0.2) is 14.0 Å². The summed E-state index contributed by atoms with van der Waals surface area (Å²) in [6, 6.07) is 12.7. The van der Waals surface area contributed by atoms with Gasteiger partial charge in [-0.3, -0.25) is 0 Å². The summed E-state index contributed by atoms with van der Waals surface area (Å²) in [6.45, 7) is 2.55. The highest BCUT2D eigenvalue weighted by molar-refractivity contribution is 7.12. The second-order valence-corrected chi connectivity index (χ2v) is 9.78. The molecule has 0 bridgehead atoms. The third-order valence-corrected chi connectivity index (χ3v) is 7.97. The van der Waals surface area contributed by atoms with Crippen molar-refractivity contribution < 1.29 is 18.7 Å². The maximum absolute atomic E-state index is 13.7. The van der Waals surface area contributed by atoms with E-state index in [1.807, 2.05) is 0 Å². The lowest BCUT2D eigenvalue weighted by Gasteiger charge is -2.36. The summed E-state index contributed by atoms with van der Waals surface area (Å²) in [5, 5.41) is 2.94. The smallest absolute Gasteiger partial charge is 0.340 e. The van der Waals surface area contributed by atoms with Crippen LogP contribution in [0.4, 0.5) is 14.9 Å². The molecule has 0 saturated heterocycles. The van der Waals surface area contributed by atoms with Crippen LogP contribution in [0.3, 0.4) is 0 Å². The van der Waals surface area contributed by atoms with Gasteiger partial charge in [-0.15, -0.1) is 11.3 Å². The number of halogens is 1. The maximum atomic E-state index is 13.7. The fraction of sp³-hybridized carbons (Fsp3) is 0.333. The van der Waals surface area contributed by atoms with Crippen LogP contribution in [0, 0.1) is 5.82 Å². The number of anilines is 1. The van der Waals surface area contributed by atoms with Crippen molar-refractivity contribution >= 4 is 29.0 Å². The molecule has 2 aliphatic rings. The number of para-hydroxylation sites is 1. The summed E-state index contributed by atoms with van der Waals surface area (Å²) in [4.78, 5) is 30.4. The fourth-order valence-corrected chi connectivity index (χ4v) is 6.60. The van der Waals surface area contributed by atoms with Crippen molar-refractivity contribution in [2.24, 2.45) is 0 Å². The zero-order valence-electron chi connectivity index (χ0n) is 19.1. The van der Waals surface area contributed by atoms with E-state index in [0.29, 0.717) is 17.8 Å². The Balaban J connectivity index is 1.51. The SMILES string of the molecule is CCOC(=O)c1ccccc1NC(=O)N1CCc2c(sc3c2CCCC3)[C@H]1c1ccc(F)cc1. The number of ether oxygens (including phenoxy) is 1. The number of hydrogen-bond acceptors (Lipinski definition) is 4. The van der Waals surface area contributed by atoms with Crippen LogP contribution >= 0.6 is 11.3 Å². The number of nitrogens with one attached hydrogen (secondary N) is 1. The van der Waals surface area contributed by atoms with Gasteiger partial charge in [0.2, 0.25) is 0 Å². The third-order valence-electron chi connectivity index (χ3n) is 6.59. The van der Waals surface area contributed by atoms with Crippen molar-refractivity contribution in [3.8, 4) is 0 Å². The molecule has 1 atom stereocenters. The van der Waals surface area contributed by atoms with Crippen LogP contribution in [0.15, 0.2) is 48.5 Å². The number of amides is 2. The van der Waals surface area contributed by atoms with E-state index in [0.717, 1.165) is 24.8 Å². The van der Waals surface area contributed by atoms with Gasteiger partial charge >= 0.3 is 12.0 Å². The van der Waals surface area contributed by atoms with Crippen molar-refractivity contribution in [1.82, 2.24) is 4.90 Å². The number of benzene rings is 2. The molecule has 176 valence electrons. The lowest BCUT2D eigenvalue weighted by atomic mass is 9.88. The van der Waals surface area contributed by atoms with Crippen LogP contribution in [-0.4, -0.2) is 30.1 Å². The molecule has 0 spiro atoms. The summed E-state index contributed by atoms with van der Waals surface area (Å²) in [7, 11) is 0. The molecular weight excluding hydrogens is 451 g/mol. The molecule has 1 aromatic heterocycles. The van der Waals surface area contributed by atoms with Crippen molar-refractivity contribution in [3.05, 3.63) is 86.4 Å². The Kier molecular flexibility index (Phi) is 6.37. The lowest BCUT2D eigenvalue weighted by Crippen LogP contribution is -2.42. The van der Waals surface area contributed by atoms with Gasteiger partial charge in [0, 0.05) is 16.3 Å². The highest BCUT2D eigenvalue weighted by Gasteiger charge is 2.36. The molecule has 0 saturated carbocycles. The first kappa shape index (κ1) is 22.6. The Bertz CT molecular complexity index is 1220. The number of esters is 1. The predicted molar refractivity (Wildman–Crippen MR) is 131 cm³/mol. The fourth-order valence-electron chi connectivity index (χ4n) is 5.01. The van der Waals surface area contributed by atoms with Crippen molar-refractivity contribution in [2.45, 2.75) is 45.1 Å². The Morgan fingerprint density at radius 1 is 1.06 bits per heavy atom. The number of carbonyl (C=O) groups is 2. The number of aryl methyl sites for hydroxylation is 1. The summed E-state index contributed by atoms with van der Waals surface area (Å²) in [5.41, 5.74) is 4.45. The first-order valence-electron chi connectivity index (χ1n) is 11.8. The van der Waals surface area contributed by atoms with E-state index in [9.17, 15) is 14.0 Å². The zero-order valence-corrected chi connectivity index (χ0v) is 19.9. The topological polar surface area (TPSA) is 58.6 Å². The van der Waals surface area contributed by atoms with Crippen molar-refractivity contribution in [3.63, 3.8) is 0 Å². The Morgan fingerprint density at radius 3 is 2.62 bits per heavy atom. The Hall–Kier alpha value is -3.19. The lowest BCUT2D eigenvalue weighted by molar-refractivity contribution is 0.0527. The number of fused-ring (bicyclic) bond motifs is 3. The van der Waals surface area contributed by atoms with E-state index in [2.05, 4.69) is 5.32 Å². The second-order valence-electron chi connectivity index (χ2n) is 8.65.